The van der Waals surface area contributed by atoms with E-state index in [0.717, 1.165) is 60.9 Å². The molecule has 0 amide bonds. The van der Waals surface area contributed by atoms with Gasteiger partial charge in [0.15, 0.2) is 11.6 Å². The third-order valence-electron chi connectivity index (χ3n) is 7.30. The first kappa shape index (κ1) is 23.4. The van der Waals surface area contributed by atoms with Crippen molar-refractivity contribution in [3.05, 3.63) is 78.4 Å². The topological polar surface area (TPSA) is 94.3 Å². The summed E-state index contributed by atoms with van der Waals surface area (Å²) in [5.41, 5.74) is 11.4. The van der Waals surface area contributed by atoms with Gasteiger partial charge in [-0.3, -0.25) is 9.48 Å². The van der Waals surface area contributed by atoms with E-state index in [9.17, 15) is 4.79 Å². The third-order valence-corrected chi connectivity index (χ3v) is 7.30. The minimum atomic E-state index is -0.0430. The predicted molar refractivity (Wildman–Crippen MR) is 145 cm³/mol. The van der Waals surface area contributed by atoms with Crippen molar-refractivity contribution in [2.45, 2.75) is 32.7 Å². The van der Waals surface area contributed by atoms with Gasteiger partial charge in [0.1, 0.15) is 17.5 Å². The number of benzene rings is 2. The number of hydrogen-bond donors (Lipinski definition) is 1. The molecule has 1 atom stereocenters. The van der Waals surface area contributed by atoms with Gasteiger partial charge in [0, 0.05) is 29.6 Å². The molecule has 37 heavy (non-hydrogen) atoms. The zero-order valence-electron chi connectivity index (χ0n) is 21.0. The number of aromatic nitrogens is 5. The number of anilines is 1. The second-order valence-electron chi connectivity index (χ2n) is 9.94. The van der Waals surface area contributed by atoms with Crippen LogP contribution >= 0.6 is 0 Å². The molecule has 1 unspecified atom stereocenters. The molecule has 1 saturated heterocycles. The lowest BCUT2D eigenvalue weighted by molar-refractivity contribution is 0.0813. The minimum Gasteiger partial charge on any atom is -0.382 e. The lowest BCUT2D eigenvalue weighted by Crippen LogP contribution is -2.39. The first-order valence-corrected chi connectivity index (χ1v) is 13.0. The summed E-state index contributed by atoms with van der Waals surface area (Å²) in [6, 6.07) is 18.4. The average molecular weight is 494 g/mol. The highest BCUT2D eigenvalue weighted by molar-refractivity contribution is 6.03. The summed E-state index contributed by atoms with van der Waals surface area (Å²) in [5.74, 6) is 0.432. The summed E-state index contributed by atoms with van der Waals surface area (Å²) in [5, 5.41) is 10.3. The van der Waals surface area contributed by atoms with Crippen molar-refractivity contribution in [2.75, 3.05) is 25.4 Å². The van der Waals surface area contributed by atoms with Crippen molar-refractivity contribution in [2.24, 2.45) is 5.92 Å². The van der Waals surface area contributed by atoms with Crippen LogP contribution in [0, 0.1) is 5.92 Å². The van der Waals surface area contributed by atoms with E-state index in [1.165, 1.54) is 11.9 Å². The first-order valence-electron chi connectivity index (χ1n) is 13.0. The van der Waals surface area contributed by atoms with Crippen molar-refractivity contribution in [1.82, 2.24) is 29.3 Å². The second-order valence-corrected chi connectivity index (χ2v) is 9.94. The van der Waals surface area contributed by atoms with Crippen LogP contribution in [0.3, 0.4) is 0 Å². The number of piperidine rings is 1. The highest BCUT2D eigenvalue weighted by atomic mass is 16.1. The molecule has 0 radical (unpaired) electrons. The van der Waals surface area contributed by atoms with Crippen LogP contribution in [0.4, 0.5) is 5.82 Å². The highest BCUT2D eigenvalue weighted by Gasteiger charge is 2.29. The van der Waals surface area contributed by atoms with Crippen LogP contribution in [0.25, 0.3) is 27.5 Å². The molecule has 0 bridgehead atoms. The second kappa shape index (κ2) is 9.78. The molecular formula is C29H31N7O. The van der Waals surface area contributed by atoms with Gasteiger partial charge < -0.3 is 10.6 Å². The summed E-state index contributed by atoms with van der Waals surface area (Å²) in [4.78, 5) is 20.4. The number of carbonyl (C=O) groups excluding carboxylic acids is 1. The van der Waals surface area contributed by atoms with Crippen LogP contribution in [0.2, 0.25) is 0 Å². The van der Waals surface area contributed by atoms with E-state index in [0.29, 0.717) is 23.6 Å². The van der Waals surface area contributed by atoms with E-state index >= 15 is 0 Å². The van der Waals surface area contributed by atoms with Gasteiger partial charge in [0.25, 0.3) is 0 Å². The van der Waals surface area contributed by atoms with Crippen molar-refractivity contribution >= 4 is 28.0 Å². The highest BCUT2D eigenvalue weighted by Crippen LogP contribution is 2.33. The number of Topliss-reactive ketones (excluding diaryl/α,β-unsaturated/α-hetero) is 1. The molecule has 6 rings (SSSR count). The third kappa shape index (κ3) is 4.49. The van der Waals surface area contributed by atoms with Gasteiger partial charge in [-0.1, -0.05) is 49.4 Å². The van der Waals surface area contributed by atoms with Gasteiger partial charge in [0.05, 0.1) is 12.1 Å². The fraction of sp³-hybridized carbons (Fsp3) is 0.310. The Morgan fingerprint density at radius 2 is 2.00 bits per heavy atom. The normalized spacial score (nSPS) is 16.5. The maximum atomic E-state index is 13.7. The van der Waals surface area contributed by atoms with Gasteiger partial charge in [-0.2, -0.15) is 10.2 Å². The van der Waals surface area contributed by atoms with E-state index in [1.807, 2.05) is 28.9 Å². The molecule has 1 aliphatic rings. The van der Waals surface area contributed by atoms with Gasteiger partial charge in [0.2, 0.25) is 0 Å². The number of hydrogen-bond acceptors (Lipinski definition) is 6. The Kier molecular flexibility index (Phi) is 6.18. The smallest absolute Gasteiger partial charge is 0.185 e. The lowest BCUT2D eigenvalue weighted by Gasteiger charge is -2.31. The fourth-order valence-corrected chi connectivity index (χ4v) is 5.55. The summed E-state index contributed by atoms with van der Waals surface area (Å²) in [7, 11) is 0. The minimum absolute atomic E-state index is 0.0430. The Labute approximate surface area is 215 Å². The van der Waals surface area contributed by atoms with Crippen LogP contribution < -0.4 is 5.73 Å². The van der Waals surface area contributed by atoms with Crippen LogP contribution in [-0.2, 0) is 6.54 Å². The Bertz CT molecular complexity index is 1570. The molecule has 0 spiro atoms. The Morgan fingerprint density at radius 1 is 1.14 bits per heavy atom. The number of nitrogen functional groups attached to an aromatic ring is 1. The summed E-state index contributed by atoms with van der Waals surface area (Å²) in [6.07, 6.45) is 6.49. The van der Waals surface area contributed by atoms with Crippen molar-refractivity contribution in [3.8, 4) is 11.1 Å². The van der Waals surface area contributed by atoms with Crippen LogP contribution in [-0.4, -0.2) is 54.7 Å². The number of nitrogens with two attached hydrogens (primary N) is 1. The molecule has 3 aromatic heterocycles. The van der Waals surface area contributed by atoms with Gasteiger partial charge in [-0.15, -0.1) is 0 Å². The zero-order chi connectivity index (χ0) is 25.4. The molecule has 5 aromatic rings. The molecule has 2 N–H and O–H groups in total. The summed E-state index contributed by atoms with van der Waals surface area (Å²) in [6.45, 7) is 5.76. The van der Waals surface area contributed by atoms with E-state index in [2.05, 4.69) is 58.4 Å². The largest absolute Gasteiger partial charge is 0.382 e. The number of carbonyl (C=O) groups is 1. The van der Waals surface area contributed by atoms with Crippen LogP contribution in [0.5, 0.6) is 0 Å². The van der Waals surface area contributed by atoms with E-state index in [-0.39, 0.29) is 11.7 Å². The van der Waals surface area contributed by atoms with Gasteiger partial charge in [-0.25, -0.2) is 9.50 Å². The van der Waals surface area contributed by atoms with Gasteiger partial charge >= 0.3 is 0 Å². The zero-order valence-corrected chi connectivity index (χ0v) is 21.0. The number of nitrogens with zero attached hydrogens (tertiary/aromatic N) is 6. The SMILES string of the molecule is CCCN1CCCC(C(=O)c2cc(-c3ccc4cn(Cc5ccccc5)nc4c3)c3c(N)ncnn23)C1. The number of rotatable bonds is 7. The molecule has 0 aliphatic carbocycles. The molecule has 0 saturated carbocycles. The van der Waals surface area contributed by atoms with Crippen molar-refractivity contribution in [3.63, 3.8) is 0 Å². The number of ketones is 1. The molecule has 1 fully saturated rings. The fourth-order valence-electron chi connectivity index (χ4n) is 5.55. The lowest BCUT2D eigenvalue weighted by atomic mass is 9.92. The van der Waals surface area contributed by atoms with E-state index in [1.54, 1.807) is 4.52 Å². The molecular weight excluding hydrogens is 462 g/mol. The van der Waals surface area contributed by atoms with Crippen molar-refractivity contribution < 1.29 is 4.79 Å². The summed E-state index contributed by atoms with van der Waals surface area (Å²) < 4.78 is 3.64. The Balaban J connectivity index is 1.37. The molecule has 2 aromatic carbocycles. The number of fused-ring (bicyclic) bond motifs is 2. The summed E-state index contributed by atoms with van der Waals surface area (Å²) >= 11 is 0. The Hall–Kier alpha value is -4.04. The predicted octanol–water partition coefficient (Wildman–Crippen LogP) is 4.68. The van der Waals surface area contributed by atoms with Crippen LogP contribution in [0.15, 0.2) is 67.1 Å². The van der Waals surface area contributed by atoms with E-state index in [4.69, 9.17) is 10.8 Å². The first-order chi connectivity index (χ1) is 18.1. The number of likely N-dealkylation sites (tertiary alicyclic amines) is 1. The quantitative estimate of drug-likeness (QED) is 0.331. The molecule has 8 heteroatoms. The standard InChI is InChI=1S/C29H31N7O/c1-2-12-34-13-6-9-23(17-34)28(37)26-15-24(27-29(30)31-19-32-36(26)27)21-10-11-22-18-35(33-25(22)14-21)16-20-7-4-3-5-8-20/h3-5,7-8,10-11,14-15,18-19,23H,2,6,9,12-13,16-17H2,1H3,(H2,30,31,32). The van der Waals surface area contributed by atoms with Gasteiger partial charge in [-0.05, 0) is 55.6 Å². The molecule has 188 valence electrons. The monoisotopic (exact) mass is 493 g/mol. The van der Waals surface area contributed by atoms with Crippen molar-refractivity contribution in [1.29, 1.82) is 0 Å². The Morgan fingerprint density at radius 3 is 2.84 bits per heavy atom. The van der Waals surface area contributed by atoms with E-state index < -0.39 is 0 Å². The maximum absolute atomic E-state index is 13.7. The van der Waals surface area contributed by atoms with Crippen LogP contribution in [0.1, 0.15) is 42.2 Å². The maximum Gasteiger partial charge on any atom is 0.185 e. The average Bonchev–Trinajstić information content (AvgIpc) is 3.50. The molecule has 1 aliphatic heterocycles. The molecule has 8 nitrogen and oxygen atoms in total. The molecule has 4 heterocycles.